The Labute approximate surface area is 158 Å². The van der Waals surface area contributed by atoms with Gasteiger partial charge in [0.15, 0.2) is 0 Å². The van der Waals surface area contributed by atoms with Crippen molar-refractivity contribution >= 4 is 0 Å². The van der Waals surface area contributed by atoms with Crippen LogP contribution in [0.2, 0.25) is 0 Å². The van der Waals surface area contributed by atoms with Crippen LogP contribution in [0.25, 0.3) is 0 Å². The molecular formula is C23H35NO2. The molecule has 26 heavy (non-hydrogen) atoms. The van der Waals surface area contributed by atoms with Gasteiger partial charge in [0.25, 0.3) is 0 Å². The molecule has 0 amide bonds. The van der Waals surface area contributed by atoms with Crippen molar-refractivity contribution in [2.75, 3.05) is 19.8 Å². The summed E-state index contributed by atoms with van der Waals surface area (Å²) in [4.78, 5) is 0. The third-order valence-corrected chi connectivity index (χ3v) is 6.16. The van der Waals surface area contributed by atoms with Crippen molar-refractivity contribution in [1.82, 2.24) is 0 Å². The van der Waals surface area contributed by atoms with Gasteiger partial charge in [-0.3, -0.25) is 0 Å². The van der Waals surface area contributed by atoms with Crippen LogP contribution in [-0.4, -0.2) is 30.5 Å². The molecule has 0 saturated heterocycles. The van der Waals surface area contributed by atoms with E-state index in [4.69, 9.17) is 10.5 Å². The number of fused-ring (bicyclic) bond motifs is 1. The zero-order valence-electron chi connectivity index (χ0n) is 16.5. The summed E-state index contributed by atoms with van der Waals surface area (Å²) in [6, 6.07) is 7.04. The molecule has 3 atom stereocenters. The van der Waals surface area contributed by atoms with Crippen molar-refractivity contribution in [1.29, 1.82) is 0 Å². The van der Waals surface area contributed by atoms with Crippen LogP contribution >= 0.6 is 0 Å². The molecule has 1 unspecified atom stereocenters. The van der Waals surface area contributed by atoms with Crippen molar-refractivity contribution in [2.24, 2.45) is 11.7 Å². The van der Waals surface area contributed by atoms with Gasteiger partial charge in [0, 0.05) is 12.1 Å². The molecule has 1 aromatic carbocycles. The second-order valence-electron chi connectivity index (χ2n) is 8.74. The normalized spacial score (nSPS) is 28.0. The van der Waals surface area contributed by atoms with Crippen LogP contribution < -0.4 is 5.73 Å². The zero-order chi connectivity index (χ0) is 18.6. The highest BCUT2D eigenvalue weighted by Crippen LogP contribution is 2.40. The van der Waals surface area contributed by atoms with Gasteiger partial charge in [0.1, 0.15) is 0 Å². The number of aryl methyl sites for hydroxylation is 1. The Morgan fingerprint density at radius 2 is 2.15 bits per heavy atom. The average molecular weight is 358 g/mol. The predicted molar refractivity (Wildman–Crippen MR) is 107 cm³/mol. The number of benzene rings is 1. The maximum atomic E-state index is 9.50. The second kappa shape index (κ2) is 8.69. The first kappa shape index (κ1) is 19.6. The average Bonchev–Trinajstić information content (AvgIpc) is 3.04. The number of hydrogen-bond donors (Lipinski definition) is 2. The lowest BCUT2D eigenvalue weighted by Crippen LogP contribution is -2.40. The van der Waals surface area contributed by atoms with Crippen LogP contribution in [-0.2, 0) is 17.6 Å². The van der Waals surface area contributed by atoms with E-state index in [9.17, 15) is 5.11 Å². The highest BCUT2D eigenvalue weighted by molar-refractivity contribution is 5.36. The fourth-order valence-electron chi connectivity index (χ4n) is 4.51. The predicted octanol–water partition coefficient (Wildman–Crippen LogP) is 4.12. The summed E-state index contributed by atoms with van der Waals surface area (Å²) >= 11 is 0. The molecule has 0 spiro atoms. The Hall–Kier alpha value is -1.16. The first-order valence-electron chi connectivity index (χ1n) is 10.2. The molecule has 1 fully saturated rings. The molecule has 2 aliphatic carbocycles. The van der Waals surface area contributed by atoms with Gasteiger partial charge < -0.3 is 15.6 Å². The molecule has 0 heterocycles. The highest BCUT2D eigenvalue weighted by atomic mass is 16.5. The van der Waals surface area contributed by atoms with Crippen LogP contribution in [0.4, 0.5) is 0 Å². The Morgan fingerprint density at radius 1 is 1.31 bits per heavy atom. The number of ether oxygens (including phenoxy) is 1. The smallest absolute Gasteiger partial charge is 0.0611 e. The minimum atomic E-state index is -0.367. The van der Waals surface area contributed by atoms with E-state index in [0.29, 0.717) is 11.8 Å². The molecule has 3 nitrogen and oxygen atoms in total. The van der Waals surface area contributed by atoms with Gasteiger partial charge in [-0.1, -0.05) is 29.8 Å². The lowest BCUT2D eigenvalue weighted by molar-refractivity contribution is 0.0977. The topological polar surface area (TPSA) is 55.5 Å². The van der Waals surface area contributed by atoms with Crippen LogP contribution in [0.5, 0.6) is 0 Å². The van der Waals surface area contributed by atoms with Gasteiger partial charge in [-0.05, 0) is 87.3 Å². The van der Waals surface area contributed by atoms with Gasteiger partial charge in [-0.2, -0.15) is 0 Å². The van der Waals surface area contributed by atoms with Crippen molar-refractivity contribution in [3.05, 3.63) is 46.5 Å². The van der Waals surface area contributed by atoms with Crippen molar-refractivity contribution in [3.8, 4) is 0 Å². The van der Waals surface area contributed by atoms with Crippen LogP contribution in [0.15, 0.2) is 29.8 Å². The molecule has 144 valence electrons. The summed E-state index contributed by atoms with van der Waals surface area (Å²) in [6.07, 6.45) is 9.72. The molecule has 1 saturated carbocycles. The molecule has 3 rings (SSSR count). The number of hydrogen-bond acceptors (Lipinski definition) is 3. The quantitative estimate of drug-likeness (QED) is 0.570. The molecule has 3 N–H and O–H groups in total. The molecule has 0 bridgehead atoms. The van der Waals surface area contributed by atoms with Crippen LogP contribution in [0, 0.1) is 5.92 Å². The third-order valence-electron chi connectivity index (χ3n) is 6.16. The Kier molecular flexibility index (Phi) is 6.55. The van der Waals surface area contributed by atoms with E-state index >= 15 is 0 Å². The third kappa shape index (κ3) is 4.97. The SMILES string of the molecule is CC(C)=CCCOCC1CCc2cc([C@H]3CC[C@](N)(CO)C3)ccc2C1. The van der Waals surface area contributed by atoms with E-state index in [-0.39, 0.29) is 12.1 Å². The van der Waals surface area contributed by atoms with E-state index in [1.807, 2.05) is 0 Å². The lowest BCUT2D eigenvalue weighted by atomic mass is 9.82. The van der Waals surface area contributed by atoms with Gasteiger partial charge in [-0.15, -0.1) is 0 Å². The number of aliphatic hydroxyl groups excluding tert-OH is 1. The van der Waals surface area contributed by atoms with Gasteiger partial charge in [0.2, 0.25) is 0 Å². The minimum Gasteiger partial charge on any atom is -0.394 e. The standard InChI is InChI=1S/C23H35NO2/c1-17(2)4-3-11-26-15-18-5-6-20-13-21(8-7-19(20)12-18)22-9-10-23(24,14-22)16-25/h4,7-8,13,18,22,25H,3,5-6,9-12,14-16,24H2,1-2H3/t18?,22-,23+/m0/s1. The van der Waals surface area contributed by atoms with Gasteiger partial charge in [-0.25, -0.2) is 0 Å². The summed E-state index contributed by atoms with van der Waals surface area (Å²) in [7, 11) is 0. The largest absolute Gasteiger partial charge is 0.394 e. The fourth-order valence-corrected chi connectivity index (χ4v) is 4.51. The number of allylic oxidation sites excluding steroid dienone is 1. The number of aliphatic hydroxyl groups is 1. The monoisotopic (exact) mass is 357 g/mol. The zero-order valence-corrected chi connectivity index (χ0v) is 16.5. The molecule has 1 aromatic rings. The second-order valence-corrected chi connectivity index (χ2v) is 8.74. The van der Waals surface area contributed by atoms with E-state index in [2.05, 4.69) is 38.1 Å². The van der Waals surface area contributed by atoms with Crippen LogP contribution in [0.1, 0.15) is 68.6 Å². The molecule has 2 aliphatic rings. The maximum Gasteiger partial charge on any atom is 0.0611 e. The highest BCUT2D eigenvalue weighted by Gasteiger charge is 2.36. The minimum absolute atomic E-state index is 0.101. The van der Waals surface area contributed by atoms with Crippen LogP contribution in [0.3, 0.4) is 0 Å². The Bertz CT molecular complexity index is 635. The van der Waals surface area contributed by atoms with Crippen molar-refractivity contribution in [3.63, 3.8) is 0 Å². The van der Waals surface area contributed by atoms with E-state index in [1.54, 1.807) is 0 Å². The number of nitrogens with two attached hydrogens (primary N) is 1. The first-order valence-corrected chi connectivity index (χ1v) is 10.2. The first-order chi connectivity index (χ1) is 12.5. The molecule has 0 aliphatic heterocycles. The molecule has 0 aromatic heterocycles. The lowest BCUT2D eigenvalue weighted by Gasteiger charge is -2.26. The molecule has 3 heteroatoms. The fraction of sp³-hybridized carbons (Fsp3) is 0.652. The van der Waals surface area contributed by atoms with E-state index in [0.717, 1.165) is 51.7 Å². The maximum absolute atomic E-state index is 9.50. The summed E-state index contributed by atoms with van der Waals surface area (Å²) in [5.41, 5.74) is 11.7. The van der Waals surface area contributed by atoms with Gasteiger partial charge >= 0.3 is 0 Å². The summed E-state index contributed by atoms with van der Waals surface area (Å²) in [5.74, 6) is 1.16. The molecular weight excluding hydrogens is 322 g/mol. The number of rotatable bonds is 7. The summed E-state index contributed by atoms with van der Waals surface area (Å²) < 4.78 is 5.90. The van der Waals surface area contributed by atoms with Crippen molar-refractivity contribution < 1.29 is 9.84 Å². The summed E-state index contributed by atoms with van der Waals surface area (Å²) in [5, 5.41) is 9.50. The van der Waals surface area contributed by atoms with E-state index in [1.165, 1.54) is 28.7 Å². The van der Waals surface area contributed by atoms with E-state index < -0.39 is 0 Å². The Morgan fingerprint density at radius 3 is 2.88 bits per heavy atom. The van der Waals surface area contributed by atoms with Gasteiger partial charge in [0.05, 0.1) is 13.2 Å². The Balaban J connectivity index is 1.52. The van der Waals surface area contributed by atoms with Crippen molar-refractivity contribution in [2.45, 2.75) is 70.3 Å². The molecule has 0 radical (unpaired) electrons. The summed E-state index contributed by atoms with van der Waals surface area (Å²) in [6.45, 7) is 6.08.